The van der Waals surface area contributed by atoms with Crippen molar-refractivity contribution in [2.75, 3.05) is 30.9 Å². The van der Waals surface area contributed by atoms with E-state index in [1.54, 1.807) is 6.07 Å². The second-order valence-corrected chi connectivity index (χ2v) is 12.4. The number of sulfone groups is 1. The molecule has 1 saturated heterocycles. The molecule has 1 aliphatic heterocycles. The summed E-state index contributed by atoms with van der Waals surface area (Å²) in [7, 11) is 3.41. The standard InChI is InChI=1S/C24H33BN4O4S/c1-34(30,31)19-7-8-21(26-16-19)32-14-11-24(25)15-20(24)17-9-12-29(13-10-17)23-27-22(33-28-23)18-5-3-2-4-6-18/h7-8,16-18,20H,2-6,9-15H2,1H3. The minimum atomic E-state index is -3.25. The van der Waals surface area contributed by atoms with Gasteiger partial charge in [0.1, 0.15) is 0 Å². The fraction of sp³-hybridized carbons (Fsp3) is 0.708. The molecule has 3 aliphatic rings. The lowest BCUT2D eigenvalue weighted by molar-refractivity contribution is 0.279. The third-order valence-electron chi connectivity index (χ3n) is 7.91. The zero-order chi connectivity index (χ0) is 23.8. The first kappa shape index (κ1) is 23.6. The molecule has 3 heterocycles. The van der Waals surface area contributed by atoms with Gasteiger partial charge in [0.15, 0.2) is 9.84 Å². The van der Waals surface area contributed by atoms with Gasteiger partial charge < -0.3 is 14.2 Å². The fourth-order valence-electron chi connectivity index (χ4n) is 5.66. The van der Waals surface area contributed by atoms with Crippen LogP contribution in [-0.4, -0.2) is 57.3 Å². The van der Waals surface area contributed by atoms with Crippen LogP contribution in [-0.2, 0) is 9.84 Å². The van der Waals surface area contributed by atoms with Crippen molar-refractivity contribution in [3.8, 4) is 5.88 Å². The van der Waals surface area contributed by atoms with Gasteiger partial charge in [0.05, 0.1) is 19.3 Å². The smallest absolute Gasteiger partial charge is 0.266 e. The molecule has 0 N–H and O–H groups in total. The first-order valence-electron chi connectivity index (χ1n) is 12.5. The highest BCUT2D eigenvalue weighted by Crippen LogP contribution is 2.64. The number of aromatic nitrogens is 3. The van der Waals surface area contributed by atoms with E-state index in [9.17, 15) is 8.42 Å². The molecule has 10 heteroatoms. The maximum absolute atomic E-state index is 11.5. The van der Waals surface area contributed by atoms with Gasteiger partial charge in [0, 0.05) is 37.5 Å². The number of hydrogen-bond acceptors (Lipinski definition) is 8. The number of ether oxygens (including phenoxy) is 1. The summed E-state index contributed by atoms with van der Waals surface area (Å²) in [5, 5.41) is 4.10. The van der Waals surface area contributed by atoms with Gasteiger partial charge in [-0.25, -0.2) is 13.4 Å². The second kappa shape index (κ2) is 9.51. The van der Waals surface area contributed by atoms with Crippen molar-refractivity contribution in [1.29, 1.82) is 0 Å². The van der Waals surface area contributed by atoms with Crippen LogP contribution in [0, 0.1) is 11.8 Å². The predicted octanol–water partition coefficient (Wildman–Crippen LogP) is 3.95. The largest absolute Gasteiger partial charge is 0.478 e. The van der Waals surface area contributed by atoms with Crippen LogP contribution in [0.3, 0.4) is 0 Å². The quantitative estimate of drug-likeness (QED) is 0.520. The van der Waals surface area contributed by atoms with E-state index < -0.39 is 9.84 Å². The minimum absolute atomic E-state index is 0.181. The third-order valence-corrected chi connectivity index (χ3v) is 9.01. The number of piperidine rings is 1. The summed E-state index contributed by atoms with van der Waals surface area (Å²) in [6.45, 7) is 2.35. The van der Waals surface area contributed by atoms with Crippen LogP contribution in [0.25, 0.3) is 0 Å². The Morgan fingerprint density at radius 1 is 1.18 bits per heavy atom. The lowest BCUT2D eigenvalue weighted by atomic mass is 9.74. The Labute approximate surface area is 203 Å². The average molecular weight is 484 g/mol. The van der Waals surface area contributed by atoms with Crippen molar-refractivity contribution in [1.82, 2.24) is 15.1 Å². The Morgan fingerprint density at radius 2 is 1.94 bits per heavy atom. The van der Waals surface area contributed by atoms with E-state index in [1.165, 1.54) is 31.5 Å². The fourth-order valence-corrected chi connectivity index (χ4v) is 6.22. The highest BCUT2D eigenvalue weighted by atomic mass is 32.2. The topological polar surface area (TPSA) is 98.4 Å². The molecule has 34 heavy (non-hydrogen) atoms. The maximum atomic E-state index is 11.5. The molecule has 0 spiro atoms. The third kappa shape index (κ3) is 5.26. The van der Waals surface area contributed by atoms with E-state index in [-0.39, 0.29) is 10.2 Å². The normalized spacial score (nSPS) is 26.5. The zero-order valence-electron chi connectivity index (χ0n) is 19.9. The van der Waals surface area contributed by atoms with E-state index in [4.69, 9.17) is 22.1 Å². The lowest BCUT2D eigenvalue weighted by Crippen LogP contribution is -2.35. The Balaban J connectivity index is 1.06. The summed E-state index contributed by atoms with van der Waals surface area (Å²) < 4.78 is 34.4. The van der Waals surface area contributed by atoms with E-state index in [0.29, 0.717) is 30.2 Å². The number of anilines is 1. The maximum Gasteiger partial charge on any atom is 0.266 e. The van der Waals surface area contributed by atoms with Crippen molar-refractivity contribution in [3.63, 3.8) is 0 Å². The highest BCUT2D eigenvalue weighted by molar-refractivity contribution is 7.90. The molecule has 0 aromatic carbocycles. The summed E-state index contributed by atoms with van der Waals surface area (Å²) >= 11 is 0. The Hall–Kier alpha value is -2.10. The van der Waals surface area contributed by atoms with Gasteiger partial charge in [-0.1, -0.05) is 31.0 Å². The molecule has 182 valence electrons. The van der Waals surface area contributed by atoms with Gasteiger partial charge in [-0.2, -0.15) is 4.98 Å². The summed E-state index contributed by atoms with van der Waals surface area (Å²) in [5.41, 5.74) is 0. The van der Waals surface area contributed by atoms with E-state index in [0.717, 1.165) is 69.7 Å². The monoisotopic (exact) mass is 484 g/mol. The SMILES string of the molecule is [B]C1(CCOc2ccc(S(C)(=O)=O)cn2)CC1C1CCN(c2noc(C3CCCCC3)n2)CC1. The molecular weight excluding hydrogens is 451 g/mol. The van der Waals surface area contributed by atoms with E-state index >= 15 is 0 Å². The summed E-state index contributed by atoms with van der Waals surface area (Å²) in [6, 6.07) is 3.11. The number of rotatable bonds is 8. The Kier molecular flexibility index (Phi) is 6.61. The van der Waals surface area contributed by atoms with Crippen LogP contribution in [0.2, 0.25) is 5.31 Å². The molecule has 2 aliphatic carbocycles. The molecule has 5 rings (SSSR count). The average Bonchev–Trinajstić information content (AvgIpc) is 3.27. The Morgan fingerprint density at radius 3 is 2.62 bits per heavy atom. The molecule has 2 saturated carbocycles. The van der Waals surface area contributed by atoms with Gasteiger partial charge in [-0.3, -0.25) is 0 Å². The van der Waals surface area contributed by atoms with Gasteiger partial charge in [0.2, 0.25) is 11.8 Å². The van der Waals surface area contributed by atoms with E-state index in [2.05, 4.69) is 15.0 Å². The predicted molar refractivity (Wildman–Crippen MR) is 129 cm³/mol. The molecule has 2 aromatic rings. The lowest BCUT2D eigenvalue weighted by Gasteiger charge is -2.32. The number of nitrogens with zero attached hydrogens (tertiary/aromatic N) is 4. The van der Waals surface area contributed by atoms with Crippen molar-refractivity contribution in [2.24, 2.45) is 11.8 Å². The zero-order valence-corrected chi connectivity index (χ0v) is 20.7. The van der Waals surface area contributed by atoms with Crippen LogP contribution in [0.15, 0.2) is 27.7 Å². The first-order valence-corrected chi connectivity index (χ1v) is 14.4. The van der Waals surface area contributed by atoms with Crippen LogP contribution in [0.4, 0.5) is 5.95 Å². The van der Waals surface area contributed by atoms with Gasteiger partial charge >= 0.3 is 0 Å². The van der Waals surface area contributed by atoms with E-state index in [1.807, 2.05) is 0 Å². The molecule has 2 unspecified atom stereocenters. The molecule has 2 aromatic heterocycles. The summed E-state index contributed by atoms with van der Waals surface area (Å²) in [4.78, 5) is 11.3. The van der Waals surface area contributed by atoms with Crippen molar-refractivity contribution in [3.05, 3.63) is 24.2 Å². The molecule has 2 radical (unpaired) electrons. The van der Waals surface area contributed by atoms with Crippen LogP contribution < -0.4 is 9.64 Å². The summed E-state index contributed by atoms with van der Waals surface area (Å²) in [5.74, 6) is 3.55. The van der Waals surface area contributed by atoms with Crippen molar-refractivity contribution >= 4 is 23.6 Å². The molecule has 0 bridgehead atoms. The molecule has 3 fully saturated rings. The van der Waals surface area contributed by atoms with Gasteiger partial charge in [-0.15, -0.1) is 0 Å². The molecule has 2 atom stereocenters. The van der Waals surface area contributed by atoms with Crippen LogP contribution in [0.5, 0.6) is 5.88 Å². The Bertz CT molecular complexity index is 1080. The van der Waals surface area contributed by atoms with Crippen molar-refractivity contribution in [2.45, 2.75) is 73.9 Å². The van der Waals surface area contributed by atoms with Crippen molar-refractivity contribution < 1.29 is 17.7 Å². The highest BCUT2D eigenvalue weighted by Gasteiger charge is 2.52. The molecule has 0 amide bonds. The second-order valence-electron chi connectivity index (χ2n) is 10.3. The number of pyridine rings is 1. The van der Waals surface area contributed by atoms with Crippen LogP contribution in [0.1, 0.15) is 69.6 Å². The number of hydrogen-bond donors (Lipinski definition) is 0. The minimum Gasteiger partial charge on any atom is -0.478 e. The molecule has 8 nitrogen and oxygen atoms in total. The van der Waals surface area contributed by atoms with Crippen LogP contribution >= 0.6 is 0 Å². The van der Waals surface area contributed by atoms with Gasteiger partial charge in [0.25, 0.3) is 5.95 Å². The first-order chi connectivity index (χ1) is 16.3. The van der Waals surface area contributed by atoms with Gasteiger partial charge in [-0.05, 0) is 55.2 Å². The summed E-state index contributed by atoms with van der Waals surface area (Å²) in [6.07, 6.45) is 12.6. The molecular formula is C24H33BN4O4S.